The van der Waals surface area contributed by atoms with Crippen molar-refractivity contribution >= 4 is 39.2 Å². The molecule has 0 bridgehead atoms. The highest BCUT2D eigenvalue weighted by Gasteiger charge is 2.15. The topological polar surface area (TPSA) is 122 Å². The van der Waals surface area contributed by atoms with Gasteiger partial charge in [-0.3, -0.25) is 4.79 Å². The molecule has 0 spiro atoms. The molecule has 0 unspecified atom stereocenters. The van der Waals surface area contributed by atoms with Gasteiger partial charge in [0.25, 0.3) is 15.9 Å². The van der Waals surface area contributed by atoms with E-state index in [9.17, 15) is 13.2 Å². The number of ether oxygens (including phenoxy) is 1. The third-order valence-corrected chi connectivity index (χ3v) is 5.48. The highest BCUT2D eigenvalue weighted by molar-refractivity contribution is 7.92. The van der Waals surface area contributed by atoms with Gasteiger partial charge < -0.3 is 15.4 Å². The number of aromatic nitrogens is 2. The lowest BCUT2D eigenvalue weighted by Crippen LogP contribution is -2.29. The number of sulfonamides is 1. The van der Waals surface area contributed by atoms with Crippen molar-refractivity contribution in [1.29, 1.82) is 0 Å². The van der Waals surface area contributed by atoms with Crippen LogP contribution in [-0.2, 0) is 10.0 Å². The molecule has 1 aromatic heterocycles. The standard InChI is InChI=1S/C19H18ClN5O4S/c1-29-17-8-3-13(20)11-16(17)18(26)24-12-23-14-4-6-15(7-5-14)30(27,28)25-19-21-9-2-10-22-19/h2-11,23H,12H2,1H3,(H,24,26)(H,21,22,25). The first-order valence-corrected chi connectivity index (χ1v) is 10.5. The normalized spacial score (nSPS) is 10.9. The van der Waals surface area contributed by atoms with Crippen molar-refractivity contribution in [2.24, 2.45) is 0 Å². The summed E-state index contributed by atoms with van der Waals surface area (Å²) in [5.41, 5.74) is 0.922. The number of nitrogens with one attached hydrogen (secondary N) is 3. The van der Waals surface area contributed by atoms with Gasteiger partial charge in [0.05, 0.1) is 24.2 Å². The maximum atomic E-state index is 12.4. The van der Waals surface area contributed by atoms with Gasteiger partial charge in [-0.2, -0.15) is 0 Å². The van der Waals surface area contributed by atoms with Gasteiger partial charge in [0.1, 0.15) is 5.75 Å². The van der Waals surface area contributed by atoms with E-state index in [0.717, 1.165) is 0 Å². The minimum Gasteiger partial charge on any atom is -0.496 e. The molecule has 30 heavy (non-hydrogen) atoms. The van der Waals surface area contributed by atoms with Gasteiger partial charge in [0.2, 0.25) is 5.95 Å². The Kier molecular flexibility index (Phi) is 6.70. The van der Waals surface area contributed by atoms with Crippen molar-refractivity contribution in [3.8, 4) is 5.75 Å². The van der Waals surface area contributed by atoms with Crippen LogP contribution in [0.1, 0.15) is 10.4 Å². The van der Waals surface area contributed by atoms with Gasteiger partial charge in [-0.15, -0.1) is 0 Å². The fraction of sp³-hybridized carbons (Fsp3) is 0.105. The summed E-state index contributed by atoms with van der Waals surface area (Å²) in [5.74, 6) is 0.0216. The molecule has 11 heteroatoms. The highest BCUT2D eigenvalue weighted by Crippen LogP contribution is 2.22. The Balaban J connectivity index is 1.59. The Morgan fingerprint density at radius 2 is 1.80 bits per heavy atom. The molecule has 156 valence electrons. The van der Waals surface area contributed by atoms with Crippen molar-refractivity contribution in [1.82, 2.24) is 15.3 Å². The van der Waals surface area contributed by atoms with Gasteiger partial charge in [-0.05, 0) is 48.5 Å². The Morgan fingerprint density at radius 3 is 2.47 bits per heavy atom. The lowest BCUT2D eigenvalue weighted by atomic mass is 10.2. The van der Waals surface area contributed by atoms with E-state index in [1.807, 2.05) is 0 Å². The fourth-order valence-corrected chi connectivity index (χ4v) is 3.59. The first-order chi connectivity index (χ1) is 14.4. The molecule has 0 aliphatic rings. The second-order valence-corrected chi connectivity index (χ2v) is 8.03. The molecular weight excluding hydrogens is 430 g/mol. The molecule has 9 nitrogen and oxygen atoms in total. The number of anilines is 2. The largest absolute Gasteiger partial charge is 0.496 e. The summed E-state index contributed by atoms with van der Waals surface area (Å²) < 4.78 is 32.2. The van der Waals surface area contributed by atoms with Crippen LogP contribution < -0.4 is 20.1 Å². The maximum absolute atomic E-state index is 12.4. The van der Waals surface area contributed by atoms with E-state index in [2.05, 4.69) is 25.3 Å². The lowest BCUT2D eigenvalue weighted by Gasteiger charge is -2.12. The first-order valence-electron chi connectivity index (χ1n) is 8.64. The minimum atomic E-state index is -3.81. The molecule has 0 fully saturated rings. The lowest BCUT2D eigenvalue weighted by molar-refractivity contribution is 0.0953. The molecular formula is C19H18ClN5O4S. The van der Waals surface area contributed by atoms with Crippen LogP contribution in [0, 0.1) is 0 Å². The molecule has 0 radical (unpaired) electrons. The predicted octanol–water partition coefficient (Wildman–Crippen LogP) is 2.74. The van der Waals surface area contributed by atoms with Crippen LogP contribution in [0.2, 0.25) is 5.02 Å². The van der Waals surface area contributed by atoms with Crippen LogP contribution >= 0.6 is 11.6 Å². The number of halogens is 1. The third-order valence-electron chi connectivity index (χ3n) is 3.90. The summed E-state index contributed by atoms with van der Waals surface area (Å²) >= 11 is 5.94. The van der Waals surface area contributed by atoms with Gasteiger partial charge in [0, 0.05) is 23.1 Å². The Bertz CT molecular complexity index is 1130. The highest BCUT2D eigenvalue weighted by atomic mass is 35.5. The quantitative estimate of drug-likeness (QED) is 0.454. The zero-order chi connectivity index (χ0) is 21.6. The molecule has 0 saturated carbocycles. The Hall–Kier alpha value is -3.37. The number of methoxy groups -OCH3 is 1. The molecule has 1 amide bonds. The molecule has 0 atom stereocenters. The van der Waals surface area contributed by atoms with Crippen molar-refractivity contribution in [2.75, 3.05) is 23.8 Å². The second kappa shape index (κ2) is 9.42. The van der Waals surface area contributed by atoms with Gasteiger partial charge in [0.15, 0.2) is 0 Å². The maximum Gasteiger partial charge on any atom is 0.264 e. The van der Waals surface area contributed by atoms with Crippen LogP contribution in [0.5, 0.6) is 5.75 Å². The number of hydrogen-bond acceptors (Lipinski definition) is 7. The summed E-state index contributed by atoms with van der Waals surface area (Å²) in [6, 6.07) is 12.3. The zero-order valence-electron chi connectivity index (χ0n) is 15.8. The van der Waals surface area contributed by atoms with Crippen LogP contribution in [-0.4, -0.2) is 38.1 Å². The molecule has 0 saturated heterocycles. The molecule has 2 aromatic carbocycles. The number of rotatable bonds is 8. The van der Waals surface area contributed by atoms with Crippen molar-refractivity contribution < 1.29 is 17.9 Å². The molecule has 3 rings (SSSR count). The van der Waals surface area contributed by atoms with E-state index in [0.29, 0.717) is 22.0 Å². The minimum absolute atomic E-state index is 0.0149. The number of carbonyl (C=O) groups is 1. The molecule has 3 aromatic rings. The molecule has 3 N–H and O–H groups in total. The Morgan fingerprint density at radius 1 is 1.10 bits per heavy atom. The van der Waals surface area contributed by atoms with Gasteiger partial charge in [-0.25, -0.2) is 23.1 Å². The summed E-state index contributed by atoms with van der Waals surface area (Å²) in [6.45, 7) is 0.108. The van der Waals surface area contributed by atoms with Crippen LogP contribution in [0.25, 0.3) is 0 Å². The van der Waals surface area contributed by atoms with E-state index in [4.69, 9.17) is 16.3 Å². The number of amides is 1. The fourth-order valence-electron chi connectivity index (χ4n) is 2.46. The van der Waals surface area contributed by atoms with E-state index in [1.54, 1.807) is 30.3 Å². The number of benzene rings is 2. The van der Waals surface area contributed by atoms with E-state index >= 15 is 0 Å². The van der Waals surface area contributed by atoms with Gasteiger partial charge >= 0.3 is 0 Å². The van der Waals surface area contributed by atoms with Crippen LogP contribution in [0.15, 0.2) is 65.8 Å². The van der Waals surface area contributed by atoms with Crippen molar-refractivity contribution in [3.63, 3.8) is 0 Å². The molecule has 0 aliphatic heterocycles. The van der Waals surface area contributed by atoms with E-state index < -0.39 is 10.0 Å². The predicted molar refractivity (Wildman–Crippen MR) is 113 cm³/mol. The smallest absolute Gasteiger partial charge is 0.264 e. The SMILES string of the molecule is COc1ccc(Cl)cc1C(=O)NCNc1ccc(S(=O)(=O)Nc2ncccn2)cc1. The van der Waals surface area contributed by atoms with Crippen LogP contribution in [0.4, 0.5) is 11.6 Å². The molecule has 0 aliphatic carbocycles. The number of carbonyl (C=O) groups excluding carboxylic acids is 1. The van der Waals surface area contributed by atoms with E-state index in [1.165, 1.54) is 37.7 Å². The van der Waals surface area contributed by atoms with Crippen LogP contribution in [0.3, 0.4) is 0 Å². The van der Waals surface area contributed by atoms with Crippen molar-refractivity contribution in [3.05, 3.63) is 71.5 Å². The summed E-state index contributed by atoms with van der Waals surface area (Å²) in [7, 11) is -2.35. The Labute approximate surface area is 178 Å². The van der Waals surface area contributed by atoms with Crippen molar-refractivity contribution in [2.45, 2.75) is 4.90 Å². The zero-order valence-corrected chi connectivity index (χ0v) is 17.4. The van der Waals surface area contributed by atoms with E-state index in [-0.39, 0.29) is 23.4 Å². The summed E-state index contributed by atoms with van der Waals surface area (Å²) in [5, 5.41) is 6.09. The third kappa shape index (κ3) is 5.37. The average molecular weight is 448 g/mol. The summed E-state index contributed by atoms with van der Waals surface area (Å²) in [6.07, 6.45) is 2.87. The second-order valence-electron chi connectivity index (χ2n) is 5.91. The monoisotopic (exact) mass is 447 g/mol. The average Bonchev–Trinajstić information content (AvgIpc) is 2.74. The molecule has 1 heterocycles. The van der Waals surface area contributed by atoms with Gasteiger partial charge in [-0.1, -0.05) is 11.6 Å². The summed E-state index contributed by atoms with van der Waals surface area (Å²) in [4.78, 5) is 20.1. The first kappa shape index (κ1) is 21.3. The number of hydrogen-bond donors (Lipinski definition) is 3. The number of nitrogens with zero attached hydrogens (tertiary/aromatic N) is 2.